The minimum atomic E-state index is 0.392. The maximum atomic E-state index is 8.99. The van der Waals surface area contributed by atoms with Gasteiger partial charge >= 0.3 is 0 Å². The van der Waals surface area contributed by atoms with Crippen LogP contribution < -0.4 is 0 Å². The highest BCUT2D eigenvalue weighted by Crippen LogP contribution is 2.25. The van der Waals surface area contributed by atoms with Crippen molar-refractivity contribution in [2.24, 2.45) is 11.1 Å². The van der Waals surface area contributed by atoms with E-state index in [4.69, 9.17) is 5.21 Å². The summed E-state index contributed by atoms with van der Waals surface area (Å²) in [6, 6.07) is 0. The number of aromatic nitrogens is 2. The van der Waals surface area contributed by atoms with Gasteiger partial charge in [-0.25, -0.2) is 4.98 Å². The predicted molar refractivity (Wildman–Crippen MR) is 53.4 cm³/mol. The molecule has 0 spiro atoms. The molecule has 1 aromatic rings. The minimum absolute atomic E-state index is 0.392. The highest BCUT2D eigenvalue weighted by Gasteiger charge is 2.20. The van der Waals surface area contributed by atoms with Crippen LogP contribution in [0.3, 0.4) is 0 Å². The van der Waals surface area contributed by atoms with Crippen LogP contribution in [0.2, 0.25) is 0 Å². The van der Waals surface area contributed by atoms with Gasteiger partial charge in [0, 0.05) is 18.3 Å². The molecule has 2 rings (SSSR count). The van der Waals surface area contributed by atoms with Gasteiger partial charge in [-0.15, -0.1) is 0 Å². The minimum Gasteiger partial charge on any atom is -0.409 e. The summed E-state index contributed by atoms with van der Waals surface area (Å²) in [6.45, 7) is 0. The topological polar surface area (TPSA) is 50.4 Å². The molecule has 0 radical (unpaired) electrons. The molecular formula is C10H15N3O. The molecule has 1 heterocycles. The molecule has 1 N–H and O–H groups in total. The van der Waals surface area contributed by atoms with Crippen molar-refractivity contribution in [3.63, 3.8) is 0 Å². The molecule has 1 saturated carbocycles. The molecule has 0 atom stereocenters. The lowest BCUT2D eigenvalue weighted by Gasteiger charge is -2.22. The van der Waals surface area contributed by atoms with E-state index in [9.17, 15) is 0 Å². The monoisotopic (exact) mass is 193 g/mol. The molecule has 0 amide bonds. The van der Waals surface area contributed by atoms with Gasteiger partial charge in [0.05, 0.1) is 0 Å². The fourth-order valence-electron chi connectivity index (χ4n) is 2.10. The Labute approximate surface area is 83.3 Å². The van der Waals surface area contributed by atoms with Crippen molar-refractivity contribution in [2.45, 2.75) is 32.1 Å². The van der Waals surface area contributed by atoms with Gasteiger partial charge in [0.15, 0.2) is 5.84 Å². The largest absolute Gasteiger partial charge is 0.409 e. The summed E-state index contributed by atoms with van der Waals surface area (Å²) < 4.78 is 1.80. The van der Waals surface area contributed by atoms with Gasteiger partial charge in [0.25, 0.3) is 0 Å². The Morgan fingerprint density at radius 3 is 2.71 bits per heavy atom. The molecule has 1 fully saturated rings. The zero-order valence-electron chi connectivity index (χ0n) is 8.13. The molecule has 0 aliphatic heterocycles. The molecule has 0 aromatic carbocycles. The highest BCUT2D eigenvalue weighted by molar-refractivity contribution is 5.86. The van der Waals surface area contributed by atoms with Gasteiger partial charge in [-0.3, -0.25) is 4.57 Å². The molecule has 76 valence electrons. The van der Waals surface area contributed by atoms with Crippen molar-refractivity contribution >= 4 is 5.84 Å². The number of oxime groups is 1. The quantitative estimate of drug-likeness (QED) is 0.321. The fraction of sp³-hybridized carbons (Fsp3) is 0.600. The van der Waals surface area contributed by atoms with Crippen LogP contribution in [-0.4, -0.2) is 20.6 Å². The van der Waals surface area contributed by atoms with Crippen molar-refractivity contribution in [3.05, 3.63) is 18.7 Å². The van der Waals surface area contributed by atoms with E-state index in [2.05, 4.69) is 10.1 Å². The first-order valence-corrected chi connectivity index (χ1v) is 5.12. The Balaban J connectivity index is 2.13. The van der Waals surface area contributed by atoms with E-state index >= 15 is 0 Å². The number of imidazole rings is 1. The van der Waals surface area contributed by atoms with E-state index in [-0.39, 0.29) is 0 Å². The Kier molecular flexibility index (Phi) is 2.81. The lowest BCUT2D eigenvalue weighted by atomic mass is 9.88. The predicted octanol–water partition coefficient (Wildman–Crippen LogP) is 2.10. The Morgan fingerprint density at radius 1 is 1.36 bits per heavy atom. The van der Waals surface area contributed by atoms with Crippen LogP contribution in [-0.2, 0) is 0 Å². The van der Waals surface area contributed by atoms with Crippen molar-refractivity contribution in [3.8, 4) is 0 Å². The number of rotatable bonds is 1. The van der Waals surface area contributed by atoms with E-state index in [1.807, 2.05) is 6.20 Å². The summed E-state index contributed by atoms with van der Waals surface area (Å²) in [6.07, 6.45) is 11.2. The van der Waals surface area contributed by atoms with E-state index < -0.39 is 0 Å². The van der Waals surface area contributed by atoms with Crippen LogP contribution in [0, 0.1) is 5.92 Å². The SMILES string of the molecule is O/N=C(\C1CCCCC1)n1ccnc1. The van der Waals surface area contributed by atoms with Gasteiger partial charge in [-0.05, 0) is 12.8 Å². The maximum Gasteiger partial charge on any atom is 0.156 e. The lowest BCUT2D eigenvalue weighted by molar-refractivity contribution is 0.306. The summed E-state index contributed by atoms with van der Waals surface area (Å²) in [5.74, 6) is 1.13. The fourth-order valence-corrected chi connectivity index (χ4v) is 2.10. The van der Waals surface area contributed by atoms with Gasteiger partial charge in [0.2, 0.25) is 0 Å². The Morgan fingerprint density at radius 2 is 2.14 bits per heavy atom. The zero-order valence-corrected chi connectivity index (χ0v) is 8.13. The molecule has 4 heteroatoms. The Bertz CT molecular complexity index is 299. The summed E-state index contributed by atoms with van der Waals surface area (Å²) in [5.41, 5.74) is 0. The maximum absolute atomic E-state index is 8.99. The van der Waals surface area contributed by atoms with Crippen LogP contribution in [0.25, 0.3) is 0 Å². The Hall–Kier alpha value is -1.32. The summed E-state index contributed by atoms with van der Waals surface area (Å²) in [7, 11) is 0. The van der Waals surface area contributed by atoms with Gasteiger partial charge in [-0.1, -0.05) is 24.4 Å². The first kappa shape index (κ1) is 9.24. The zero-order chi connectivity index (χ0) is 9.80. The third-order valence-corrected chi connectivity index (χ3v) is 2.84. The molecule has 4 nitrogen and oxygen atoms in total. The smallest absolute Gasteiger partial charge is 0.156 e. The molecular weight excluding hydrogens is 178 g/mol. The molecule has 1 aromatic heterocycles. The summed E-state index contributed by atoms with van der Waals surface area (Å²) in [5, 5.41) is 12.4. The van der Waals surface area contributed by atoms with Crippen LogP contribution in [0.15, 0.2) is 23.9 Å². The van der Waals surface area contributed by atoms with Crippen LogP contribution in [0.4, 0.5) is 0 Å². The van der Waals surface area contributed by atoms with Gasteiger partial charge < -0.3 is 5.21 Å². The average Bonchev–Trinajstić information content (AvgIpc) is 2.74. The lowest BCUT2D eigenvalue weighted by Crippen LogP contribution is -2.24. The van der Waals surface area contributed by atoms with E-state index in [1.54, 1.807) is 17.1 Å². The molecule has 0 saturated heterocycles. The van der Waals surface area contributed by atoms with Gasteiger partial charge in [-0.2, -0.15) is 0 Å². The molecule has 0 bridgehead atoms. The summed E-state index contributed by atoms with van der Waals surface area (Å²) in [4.78, 5) is 3.96. The third-order valence-electron chi connectivity index (χ3n) is 2.84. The van der Waals surface area contributed by atoms with Crippen molar-refractivity contribution in [1.82, 2.24) is 9.55 Å². The van der Waals surface area contributed by atoms with E-state index in [0.717, 1.165) is 18.7 Å². The van der Waals surface area contributed by atoms with Crippen LogP contribution in [0.5, 0.6) is 0 Å². The van der Waals surface area contributed by atoms with Crippen LogP contribution >= 0.6 is 0 Å². The number of hydrogen-bond acceptors (Lipinski definition) is 3. The second-order valence-electron chi connectivity index (χ2n) is 3.76. The van der Waals surface area contributed by atoms with Crippen molar-refractivity contribution in [1.29, 1.82) is 0 Å². The van der Waals surface area contributed by atoms with Gasteiger partial charge in [0.1, 0.15) is 6.33 Å². The number of nitrogens with zero attached hydrogens (tertiary/aromatic N) is 3. The molecule has 1 aliphatic carbocycles. The normalized spacial score (nSPS) is 19.9. The van der Waals surface area contributed by atoms with E-state index in [0.29, 0.717) is 5.92 Å². The van der Waals surface area contributed by atoms with Crippen LogP contribution in [0.1, 0.15) is 32.1 Å². The number of hydrogen-bond donors (Lipinski definition) is 1. The van der Waals surface area contributed by atoms with E-state index in [1.165, 1.54) is 19.3 Å². The second kappa shape index (κ2) is 4.26. The molecule has 1 aliphatic rings. The third kappa shape index (κ3) is 1.78. The first-order valence-electron chi connectivity index (χ1n) is 5.12. The molecule has 0 unspecified atom stereocenters. The standard InChI is InChI=1S/C10H15N3O/c14-12-10(13-7-6-11-8-13)9-4-2-1-3-5-9/h6-9,14H,1-5H2/b12-10+. The molecule has 14 heavy (non-hydrogen) atoms. The second-order valence-corrected chi connectivity index (χ2v) is 3.76. The average molecular weight is 193 g/mol. The highest BCUT2D eigenvalue weighted by atomic mass is 16.4. The van der Waals surface area contributed by atoms with Crippen molar-refractivity contribution in [2.75, 3.05) is 0 Å². The van der Waals surface area contributed by atoms with Crippen molar-refractivity contribution < 1.29 is 5.21 Å². The summed E-state index contributed by atoms with van der Waals surface area (Å²) >= 11 is 0. The first-order chi connectivity index (χ1) is 6.92.